The number of rotatable bonds is 8. The standard InChI is InChI=1S/C16H25ClN4O3S.ClH/c1-20(25(23,24)15-5-3-14(17)4-6-15)13-16(22)19-7-2-10-21-11-8-18-9-12-21;/h3-6,18H,2,7-13H2,1H3,(H,19,22);1H. The van der Waals surface area contributed by atoms with Crippen molar-refractivity contribution in [3.8, 4) is 0 Å². The lowest BCUT2D eigenvalue weighted by Crippen LogP contribution is -2.44. The highest BCUT2D eigenvalue weighted by atomic mass is 35.5. The van der Waals surface area contributed by atoms with Gasteiger partial charge >= 0.3 is 0 Å². The van der Waals surface area contributed by atoms with Gasteiger partial charge in [-0.1, -0.05) is 11.6 Å². The number of piperazine rings is 1. The van der Waals surface area contributed by atoms with Crippen LogP contribution in [0.1, 0.15) is 6.42 Å². The molecule has 1 aliphatic heterocycles. The van der Waals surface area contributed by atoms with Crippen LogP contribution in [0.4, 0.5) is 0 Å². The molecule has 148 valence electrons. The number of halogens is 2. The number of sulfonamides is 1. The molecule has 0 saturated carbocycles. The highest BCUT2D eigenvalue weighted by molar-refractivity contribution is 7.89. The van der Waals surface area contributed by atoms with E-state index in [0.717, 1.165) is 43.4 Å². The van der Waals surface area contributed by atoms with E-state index in [-0.39, 0.29) is 29.8 Å². The average molecular weight is 425 g/mol. The number of hydrogen-bond donors (Lipinski definition) is 2. The number of benzene rings is 1. The fourth-order valence-electron chi connectivity index (χ4n) is 2.59. The van der Waals surface area contributed by atoms with Gasteiger partial charge in [0.2, 0.25) is 15.9 Å². The van der Waals surface area contributed by atoms with Crippen LogP contribution in [-0.2, 0) is 14.8 Å². The van der Waals surface area contributed by atoms with Gasteiger partial charge in [-0.15, -0.1) is 12.4 Å². The normalized spacial score (nSPS) is 15.5. The number of nitrogens with zero attached hydrogens (tertiary/aromatic N) is 2. The van der Waals surface area contributed by atoms with Gasteiger partial charge in [-0.2, -0.15) is 4.31 Å². The summed E-state index contributed by atoms with van der Waals surface area (Å²) in [6.45, 7) is 5.31. The number of amides is 1. The third-order valence-corrected chi connectivity index (χ3v) is 6.14. The van der Waals surface area contributed by atoms with Crippen molar-refractivity contribution in [2.45, 2.75) is 11.3 Å². The first kappa shape index (κ1) is 23.1. The summed E-state index contributed by atoms with van der Waals surface area (Å²) < 4.78 is 25.9. The summed E-state index contributed by atoms with van der Waals surface area (Å²) in [5.41, 5.74) is 0. The van der Waals surface area contributed by atoms with E-state index in [9.17, 15) is 13.2 Å². The van der Waals surface area contributed by atoms with E-state index >= 15 is 0 Å². The molecule has 2 rings (SSSR count). The quantitative estimate of drug-likeness (QED) is 0.602. The van der Waals surface area contributed by atoms with Crippen molar-refractivity contribution >= 4 is 39.9 Å². The molecular formula is C16H26Cl2N4O3S. The molecule has 0 radical (unpaired) electrons. The summed E-state index contributed by atoms with van der Waals surface area (Å²) in [7, 11) is -2.31. The summed E-state index contributed by atoms with van der Waals surface area (Å²) in [5, 5.41) is 6.53. The molecule has 0 aliphatic carbocycles. The van der Waals surface area contributed by atoms with Gasteiger partial charge in [-0.25, -0.2) is 8.42 Å². The average Bonchev–Trinajstić information content (AvgIpc) is 2.60. The minimum Gasteiger partial charge on any atom is -0.355 e. The minimum absolute atomic E-state index is 0. The number of carbonyl (C=O) groups is 1. The van der Waals surface area contributed by atoms with Crippen molar-refractivity contribution in [2.24, 2.45) is 0 Å². The lowest BCUT2D eigenvalue weighted by Gasteiger charge is -2.27. The molecule has 1 fully saturated rings. The molecular weight excluding hydrogens is 399 g/mol. The zero-order chi connectivity index (χ0) is 18.3. The zero-order valence-corrected chi connectivity index (χ0v) is 17.2. The third-order valence-electron chi connectivity index (χ3n) is 4.07. The summed E-state index contributed by atoms with van der Waals surface area (Å²) >= 11 is 5.77. The topological polar surface area (TPSA) is 81.8 Å². The molecule has 0 atom stereocenters. The van der Waals surface area contributed by atoms with E-state index in [1.165, 1.54) is 31.3 Å². The second-order valence-electron chi connectivity index (χ2n) is 6.01. The molecule has 0 bridgehead atoms. The Bertz CT molecular complexity index is 665. The molecule has 1 saturated heterocycles. The molecule has 0 aromatic heterocycles. The largest absolute Gasteiger partial charge is 0.355 e. The summed E-state index contributed by atoms with van der Waals surface area (Å²) in [6.07, 6.45) is 0.847. The van der Waals surface area contributed by atoms with E-state index in [1.54, 1.807) is 0 Å². The minimum atomic E-state index is -3.70. The van der Waals surface area contributed by atoms with E-state index < -0.39 is 10.0 Å². The number of carbonyl (C=O) groups excluding carboxylic acids is 1. The smallest absolute Gasteiger partial charge is 0.243 e. The Morgan fingerprint density at radius 1 is 1.27 bits per heavy atom. The Hall–Kier alpha value is -0.900. The fourth-order valence-corrected chi connectivity index (χ4v) is 3.85. The predicted molar refractivity (Wildman–Crippen MR) is 105 cm³/mol. The molecule has 10 heteroatoms. The molecule has 0 unspecified atom stereocenters. The molecule has 7 nitrogen and oxygen atoms in total. The summed E-state index contributed by atoms with van der Waals surface area (Å²) in [4.78, 5) is 14.4. The highest BCUT2D eigenvalue weighted by Crippen LogP contribution is 2.17. The molecule has 1 aromatic carbocycles. The van der Waals surface area contributed by atoms with E-state index in [0.29, 0.717) is 11.6 Å². The Labute approximate surface area is 166 Å². The summed E-state index contributed by atoms with van der Waals surface area (Å²) in [6, 6.07) is 5.88. The maximum atomic E-state index is 12.4. The van der Waals surface area contributed by atoms with Gasteiger partial charge in [0.15, 0.2) is 0 Å². The molecule has 1 amide bonds. The van der Waals surface area contributed by atoms with Crippen LogP contribution >= 0.6 is 24.0 Å². The SMILES string of the molecule is CN(CC(=O)NCCCN1CCNCC1)S(=O)(=O)c1ccc(Cl)cc1.Cl. The number of hydrogen-bond acceptors (Lipinski definition) is 5. The van der Waals surface area contributed by atoms with E-state index in [4.69, 9.17) is 11.6 Å². The van der Waals surface area contributed by atoms with Gasteiger partial charge in [0.05, 0.1) is 11.4 Å². The monoisotopic (exact) mass is 424 g/mol. The van der Waals surface area contributed by atoms with Gasteiger partial charge in [0.25, 0.3) is 0 Å². The van der Waals surface area contributed by atoms with Crippen LogP contribution in [0.2, 0.25) is 5.02 Å². The first-order valence-electron chi connectivity index (χ1n) is 8.31. The lowest BCUT2D eigenvalue weighted by atomic mass is 10.3. The maximum Gasteiger partial charge on any atom is 0.243 e. The Morgan fingerprint density at radius 2 is 1.88 bits per heavy atom. The Morgan fingerprint density at radius 3 is 2.50 bits per heavy atom. The van der Waals surface area contributed by atoms with E-state index in [1.807, 2.05) is 0 Å². The highest BCUT2D eigenvalue weighted by Gasteiger charge is 2.22. The molecule has 1 heterocycles. The van der Waals surface area contributed by atoms with Crippen molar-refractivity contribution < 1.29 is 13.2 Å². The van der Waals surface area contributed by atoms with E-state index in [2.05, 4.69) is 15.5 Å². The van der Waals surface area contributed by atoms with Crippen molar-refractivity contribution in [1.82, 2.24) is 19.8 Å². The number of nitrogens with one attached hydrogen (secondary N) is 2. The molecule has 0 spiro atoms. The van der Waals surface area contributed by atoms with Gasteiger partial charge in [-0.3, -0.25) is 4.79 Å². The van der Waals surface area contributed by atoms with Gasteiger partial charge in [-0.05, 0) is 37.2 Å². The maximum absolute atomic E-state index is 12.4. The van der Waals surface area contributed by atoms with Crippen LogP contribution in [-0.4, -0.2) is 76.4 Å². The molecule has 26 heavy (non-hydrogen) atoms. The van der Waals surface area contributed by atoms with Crippen molar-refractivity contribution in [3.05, 3.63) is 29.3 Å². The van der Waals surface area contributed by atoms with Crippen LogP contribution in [0, 0.1) is 0 Å². The Balaban J connectivity index is 0.00000338. The Kier molecular flexibility index (Phi) is 9.84. The number of likely N-dealkylation sites (N-methyl/N-ethyl adjacent to an activating group) is 1. The first-order valence-corrected chi connectivity index (χ1v) is 10.1. The predicted octanol–water partition coefficient (Wildman–Crippen LogP) is 0.794. The van der Waals surface area contributed by atoms with Gasteiger partial charge < -0.3 is 15.5 Å². The van der Waals surface area contributed by atoms with Gasteiger partial charge in [0.1, 0.15) is 0 Å². The summed E-state index contributed by atoms with van der Waals surface area (Å²) in [5.74, 6) is -0.305. The van der Waals surface area contributed by atoms with Crippen molar-refractivity contribution in [2.75, 3.05) is 52.9 Å². The molecule has 1 aliphatic rings. The second kappa shape index (κ2) is 11.1. The van der Waals surface area contributed by atoms with Crippen molar-refractivity contribution in [1.29, 1.82) is 0 Å². The zero-order valence-electron chi connectivity index (χ0n) is 14.8. The first-order chi connectivity index (χ1) is 11.9. The van der Waals surface area contributed by atoms with Crippen molar-refractivity contribution in [3.63, 3.8) is 0 Å². The van der Waals surface area contributed by atoms with Crippen LogP contribution in [0.25, 0.3) is 0 Å². The van der Waals surface area contributed by atoms with Crippen LogP contribution in [0.3, 0.4) is 0 Å². The lowest BCUT2D eigenvalue weighted by molar-refractivity contribution is -0.121. The fraction of sp³-hybridized carbons (Fsp3) is 0.562. The molecule has 2 N–H and O–H groups in total. The van der Waals surface area contributed by atoms with Gasteiger partial charge in [0, 0.05) is 44.8 Å². The second-order valence-corrected chi connectivity index (χ2v) is 8.49. The van der Waals surface area contributed by atoms with Crippen LogP contribution in [0.15, 0.2) is 29.2 Å². The van der Waals surface area contributed by atoms with Crippen LogP contribution in [0.5, 0.6) is 0 Å². The van der Waals surface area contributed by atoms with Crippen LogP contribution < -0.4 is 10.6 Å². The third kappa shape index (κ3) is 7.02. The molecule has 1 aromatic rings.